The predicted octanol–water partition coefficient (Wildman–Crippen LogP) is 2.64. The Morgan fingerprint density at radius 2 is 2.10 bits per heavy atom. The molecule has 0 unspecified atom stereocenters. The third kappa shape index (κ3) is 1.84. The summed E-state index contributed by atoms with van der Waals surface area (Å²) in [6.45, 7) is 1.93. The number of carboxylic acid groups (broad SMARTS) is 1. The van der Waals surface area contributed by atoms with Gasteiger partial charge in [0.05, 0.1) is 16.6 Å². The summed E-state index contributed by atoms with van der Waals surface area (Å²) in [4.78, 5) is 19.8. The molecule has 2 heterocycles. The lowest BCUT2D eigenvalue weighted by atomic mass is 10.2. The van der Waals surface area contributed by atoms with Crippen molar-refractivity contribution in [2.75, 3.05) is 0 Å². The van der Waals surface area contributed by atoms with Crippen LogP contribution in [-0.4, -0.2) is 25.6 Å². The number of rotatable bonds is 2. The summed E-state index contributed by atoms with van der Waals surface area (Å²) in [5.41, 5.74) is 3.65. The molecule has 5 nitrogen and oxygen atoms in total. The van der Waals surface area contributed by atoms with Crippen LogP contribution < -0.4 is 0 Å². The molecule has 0 radical (unpaired) electrons. The van der Waals surface area contributed by atoms with Crippen LogP contribution in [0.1, 0.15) is 16.1 Å². The highest BCUT2D eigenvalue weighted by Gasteiger charge is 2.13. The maximum Gasteiger partial charge on any atom is 0.335 e. The van der Waals surface area contributed by atoms with Gasteiger partial charge < -0.3 is 9.67 Å². The van der Waals surface area contributed by atoms with Crippen molar-refractivity contribution >= 4 is 17.0 Å². The highest BCUT2D eigenvalue weighted by atomic mass is 16.4. The number of carbonyl (C=O) groups is 1. The van der Waals surface area contributed by atoms with Gasteiger partial charge in [0.2, 0.25) is 0 Å². The van der Waals surface area contributed by atoms with E-state index < -0.39 is 5.97 Å². The molecule has 100 valence electrons. The van der Waals surface area contributed by atoms with Gasteiger partial charge in [-0.15, -0.1) is 0 Å². The van der Waals surface area contributed by atoms with Crippen LogP contribution in [0.3, 0.4) is 0 Å². The molecule has 0 aliphatic rings. The number of benzene rings is 1. The van der Waals surface area contributed by atoms with Gasteiger partial charge in [0, 0.05) is 24.5 Å². The normalized spacial score (nSPS) is 10.9. The van der Waals surface area contributed by atoms with Crippen LogP contribution in [0, 0.1) is 6.92 Å². The largest absolute Gasteiger partial charge is 0.478 e. The van der Waals surface area contributed by atoms with Gasteiger partial charge in [0.25, 0.3) is 0 Å². The van der Waals surface area contributed by atoms with Crippen molar-refractivity contribution < 1.29 is 9.90 Å². The molecule has 0 aliphatic carbocycles. The molecule has 0 fully saturated rings. The quantitative estimate of drug-likeness (QED) is 0.775. The maximum absolute atomic E-state index is 11.0. The highest BCUT2D eigenvalue weighted by molar-refractivity contribution is 5.93. The van der Waals surface area contributed by atoms with Crippen LogP contribution in [-0.2, 0) is 7.05 Å². The van der Waals surface area contributed by atoms with Crippen LogP contribution in [0.25, 0.3) is 22.4 Å². The highest BCUT2D eigenvalue weighted by Crippen LogP contribution is 2.25. The number of aromatic carboxylic acids is 1. The van der Waals surface area contributed by atoms with Gasteiger partial charge >= 0.3 is 5.97 Å². The molecule has 0 saturated carbocycles. The monoisotopic (exact) mass is 267 g/mol. The molecular weight excluding hydrogens is 254 g/mol. The number of nitrogens with zero attached hydrogens (tertiary/aromatic N) is 3. The molecular formula is C15H13N3O2. The molecule has 0 spiro atoms. The fraction of sp³-hybridized carbons (Fsp3) is 0.133. The van der Waals surface area contributed by atoms with Crippen molar-refractivity contribution in [1.29, 1.82) is 0 Å². The van der Waals surface area contributed by atoms with Crippen molar-refractivity contribution in [3.05, 3.63) is 47.8 Å². The number of fused-ring (bicyclic) bond motifs is 1. The molecule has 20 heavy (non-hydrogen) atoms. The maximum atomic E-state index is 11.0. The Morgan fingerprint density at radius 3 is 2.80 bits per heavy atom. The summed E-state index contributed by atoms with van der Waals surface area (Å²) in [6, 6.07) is 8.78. The van der Waals surface area contributed by atoms with E-state index >= 15 is 0 Å². The average molecular weight is 267 g/mol. The van der Waals surface area contributed by atoms with Crippen LogP contribution in [0.15, 0.2) is 36.5 Å². The number of pyridine rings is 1. The fourth-order valence-electron chi connectivity index (χ4n) is 2.29. The summed E-state index contributed by atoms with van der Waals surface area (Å²) in [5.74, 6) is -0.162. The first-order chi connectivity index (χ1) is 9.58. The van der Waals surface area contributed by atoms with E-state index in [9.17, 15) is 4.79 Å². The van der Waals surface area contributed by atoms with Crippen molar-refractivity contribution in [2.45, 2.75) is 6.92 Å². The molecule has 1 N–H and O–H groups in total. The van der Waals surface area contributed by atoms with Gasteiger partial charge in [-0.05, 0) is 37.3 Å². The average Bonchev–Trinajstić information content (AvgIpc) is 2.76. The van der Waals surface area contributed by atoms with Gasteiger partial charge in [0.1, 0.15) is 5.82 Å². The van der Waals surface area contributed by atoms with Crippen LogP contribution in [0.5, 0.6) is 0 Å². The second-order valence-corrected chi connectivity index (χ2v) is 4.64. The topological polar surface area (TPSA) is 68.0 Å². The van der Waals surface area contributed by atoms with Crippen molar-refractivity contribution in [2.24, 2.45) is 7.05 Å². The fourth-order valence-corrected chi connectivity index (χ4v) is 2.29. The van der Waals surface area contributed by atoms with Gasteiger partial charge in [0.15, 0.2) is 0 Å². The Hall–Kier alpha value is -2.69. The Balaban J connectivity index is 2.26. The van der Waals surface area contributed by atoms with Gasteiger partial charge in [-0.3, -0.25) is 4.98 Å². The minimum atomic E-state index is -0.948. The molecule has 0 saturated heterocycles. The predicted molar refractivity (Wildman–Crippen MR) is 75.6 cm³/mol. The minimum Gasteiger partial charge on any atom is -0.478 e. The number of imidazole rings is 1. The van der Waals surface area contributed by atoms with Crippen LogP contribution in [0.2, 0.25) is 0 Å². The molecule has 1 aromatic carbocycles. The SMILES string of the molecule is Cc1ncccc1-c1nc2cc(C(=O)O)ccc2n1C. The smallest absolute Gasteiger partial charge is 0.335 e. The van der Waals surface area contributed by atoms with E-state index in [1.54, 1.807) is 24.4 Å². The third-order valence-corrected chi connectivity index (χ3v) is 3.38. The first kappa shape index (κ1) is 12.3. The third-order valence-electron chi connectivity index (χ3n) is 3.38. The lowest BCUT2D eigenvalue weighted by molar-refractivity contribution is 0.0697. The van der Waals surface area contributed by atoms with Crippen molar-refractivity contribution in [3.63, 3.8) is 0 Å². The molecule has 0 bridgehead atoms. The number of carboxylic acids is 1. The first-order valence-electron chi connectivity index (χ1n) is 6.19. The van der Waals surface area contributed by atoms with E-state index in [2.05, 4.69) is 9.97 Å². The Bertz CT molecular complexity index is 821. The van der Waals surface area contributed by atoms with E-state index in [0.29, 0.717) is 5.52 Å². The Kier molecular flexibility index (Phi) is 2.75. The summed E-state index contributed by atoms with van der Waals surface area (Å²) >= 11 is 0. The Morgan fingerprint density at radius 1 is 1.30 bits per heavy atom. The molecule has 3 rings (SSSR count). The minimum absolute atomic E-state index is 0.241. The van der Waals surface area contributed by atoms with Gasteiger partial charge in [-0.2, -0.15) is 0 Å². The van der Waals surface area contributed by atoms with Crippen LogP contribution >= 0.6 is 0 Å². The summed E-state index contributed by atoms with van der Waals surface area (Å²) in [5, 5.41) is 9.04. The molecule has 0 amide bonds. The second-order valence-electron chi connectivity index (χ2n) is 4.64. The molecule has 0 atom stereocenters. The zero-order valence-electron chi connectivity index (χ0n) is 11.2. The van der Waals surface area contributed by atoms with E-state index in [1.165, 1.54) is 0 Å². The van der Waals surface area contributed by atoms with E-state index in [1.807, 2.05) is 30.7 Å². The van der Waals surface area contributed by atoms with Crippen molar-refractivity contribution in [3.8, 4) is 11.4 Å². The van der Waals surface area contributed by atoms with Crippen molar-refractivity contribution in [1.82, 2.24) is 14.5 Å². The zero-order valence-corrected chi connectivity index (χ0v) is 11.2. The lowest BCUT2D eigenvalue weighted by Crippen LogP contribution is -1.96. The summed E-state index contributed by atoms with van der Waals surface area (Å²) in [7, 11) is 1.91. The lowest BCUT2D eigenvalue weighted by Gasteiger charge is -2.04. The number of aromatic nitrogens is 3. The molecule has 5 heteroatoms. The molecule has 3 aromatic rings. The van der Waals surface area contributed by atoms with E-state index in [-0.39, 0.29) is 5.56 Å². The van der Waals surface area contributed by atoms with Gasteiger partial charge in [-0.1, -0.05) is 0 Å². The second kappa shape index (κ2) is 4.45. The van der Waals surface area contributed by atoms with E-state index in [0.717, 1.165) is 22.6 Å². The first-order valence-corrected chi connectivity index (χ1v) is 6.19. The zero-order chi connectivity index (χ0) is 14.3. The van der Waals surface area contributed by atoms with Gasteiger partial charge in [-0.25, -0.2) is 9.78 Å². The number of hydrogen-bond acceptors (Lipinski definition) is 3. The number of aryl methyl sites for hydroxylation is 2. The molecule has 0 aliphatic heterocycles. The Labute approximate surface area is 115 Å². The standard InChI is InChI=1S/C15H13N3O2/c1-9-11(4-3-7-16-9)14-17-12-8-10(15(19)20)5-6-13(12)18(14)2/h3-8H,1-2H3,(H,19,20). The summed E-state index contributed by atoms with van der Waals surface area (Å²) < 4.78 is 1.95. The van der Waals surface area contributed by atoms with E-state index in [4.69, 9.17) is 5.11 Å². The summed E-state index contributed by atoms with van der Waals surface area (Å²) in [6.07, 6.45) is 1.74. The molecule has 2 aromatic heterocycles. The van der Waals surface area contributed by atoms with Crippen LogP contribution in [0.4, 0.5) is 0 Å². The number of hydrogen-bond donors (Lipinski definition) is 1.